The van der Waals surface area contributed by atoms with Crippen LogP contribution in [0, 0.1) is 10.1 Å². The highest BCUT2D eigenvalue weighted by Crippen LogP contribution is 2.49. The Morgan fingerprint density at radius 1 is 0.862 bits per heavy atom. The summed E-state index contributed by atoms with van der Waals surface area (Å²) in [5, 5.41) is 11.0. The topological polar surface area (TPSA) is 66.7 Å². The maximum absolute atomic E-state index is 13.1. The van der Waals surface area contributed by atoms with E-state index in [1.54, 1.807) is 17.0 Å². The van der Waals surface area contributed by atoms with Gasteiger partial charge in [-0.2, -0.15) is 0 Å². The summed E-state index contributed by atoms with van der Waals surface area (Å²) in [6.07, 6.45) is 0. The van der Waals surface area contributed by atoms with Crippen molar-refractivity contribution in [1.29, 1.82) is 0 Å². The van der Waals surface area contributed by atoms with Crippen LogP contribution in [0.1, 0.15) is 23.1 Å². The van der Waals surface area contributed by atoms with Gasteiger partial charge in [0.2, 0.25) is 5.91 Å². The Hall–Kier alpha value is -3.67. The van der Waals surface area contributed by atoms with Gasteiger partial charge in [0, 0.05) is 37.6 Å². The number of hydrogen-bond donors (Lipinski definition) is 0. The number of amides is 1. The number of nitro groups is 1. The molecule has 0 unspecified atom stereocenters. The van der Waals surface area contributed by atoms with Gasteiger partial charge in [-0.05, 0) is 35.4 Å². The van der Waals surface area contributed by atoms with Crippen LogP contribution in [0.5, 0.6) is 0 Å². The number of carbonyl (C=O) groups excluding carboxylic acids is 1. The average molecular weight is 387 g/mol. The summed E-state index contributed by atoms with van der Waals surface area (Å²) in [4.78, 5) is 27.4. The number of carbonyl (C=O) groups is 1. The number of rotatable bonds is 5. The zero-order chi connectivity index (χ0) is 20.5. The van der Waals surface area contributed by atoms with Crippen LogP contribution >= 0.6 is 0 Å². The third-order valence-corrected chi connectivity index (χ3v) is 5.35. The van der Waals surface area contributed by atoms with Crippen LogP contribution in [0.2, 0.25) is 0 Å². The lowest BCUT2D eigenvalue weighted by molar-refractivity contribution is -0.384. The van der Waals surface area contributed by atoms with Crippen molar-refractivity contribution in [2.45, 2.75) is 12.0 Å². The number of β-lactam (4-membered cyclic amide) rings is 1. The summed E-state index contributed by atoms with van der Waals surface area (Å²) >= 11 is 0. The first-order valence-corrected chi connectivity index (χ1v) is 9.37. The normalized spacial score (nSPS) is 18.3. The third-order valence-electron chi connectivity index (χ3n) is 5.35. The van der Waals surface area contributed by atoms with Gasteiger partial charge < -0.3 is 9.80 Å². The molecule has 146 valence electrons. The standard InChI is InChI=1S/C23H21N3O3/c1-24(2)18-10-8-17(9-11-18)22-21(16-6-4-3-5-7-16)23(27)25(22)19-12-14-20(15-13-19)26(28)29/h3-15,21-22H,1-2H3/t21-,22+/m1/s1. The van der Waals surface area contributed by atoms with Crippen molar-refractivity contribution in [3.63, 3.8) is 0 Å². The minimum absolute atomic E-state index is 0.00761. The molecule has 6 heteroatoms. The number of nitrogens with zero attached hydrogens (tertiary/aromatic N) is 3. The van der Waals surface area contributed by atoms with Gasteiger partial charge in [0.05, 0.1) is 16.9 Å². The second kappa shape index (κ2) is 7.39. The molecule has 1 saturated heterocycles. The first-order chi connectivity index (χ1) is 14.0. The van der Waals surface area contributed by atoms with E-state index in [9.17, 15) is 14.9 Å². The fourth-order valence-electron chi connectivity index (χ4n) is 3.81. The largest absolute Gasteiger partial charge is 0.378 e. The molecule has 1 amide bonds. The Kier molecular flexibility index (Phi) is 4.76. The molecule has 1 aliphatic rings. The summed E-state index contributed by atoms with van der Waals surface area (Å²) in [6.45, 7) is 0. The van der Waals surface area contributed by atoms with E-state index >= 15 is 0 Å². The van der Waals surface area contributed by atoms with E-state index in [2.05, 4.69) is 0 Å². The summed E-state index contributed by atoms with van der Waals surface area (Å²) < 4.78 is 0. The minimum Gasteiger partial charge on any atom is -0.378 e. The molecule has 0 aliphatic carbocycles. The summed E-state index contributed by atoms with van der Waals surface area (Å²) in [6, 6.07) is 23.9. The highest BCUT2D eigenvalue weighted by molar-refractivity contribution is 6.06. The lowest BCUT2D eigenvalue weighted by Gasteiger charge is -2.47. The van der Waals surface area contributed by atoms with E-state index in [0.717, 1.165) is 16.8 Å². The Bertz CT molecular complexity index is 1030. The van der Waals surface area contributed by atoms with Gasteiger partial charge in [0.25, 0.3) is 5.69 Å². The van der Waals surface area contributed by atoms with E-state index in [-0.39, 0.29) is 23.6 Å². The van der Waals surface area contributed by atoms with Crippen molar-refractivity contribution in [2.24, 2.45) is 0 Å². The zero-order valence-electron chi connectivity index (χ0n) is 16.2. The molecule has 29 heavy (non-hydrogen) atoms. The Balaban J connectivity index is 1.73. The molecule has 3 aromatic carbocycles. The molecule has 1 fully saturated rings. The highest BCUT2D eigenvalue weighted by atomic mass is 16.6. The third kappa shape index (κ3) is 3.33. The van der Waals surface area contributed by atoms with E-state index in [0.29, 0.717) is 5.69 Å². The SMILES string of the molecule is CN(C)c1ccc([C@H]2[C@@H](c3ccccc3)C(=O)N2c2ccc([N+](=O)[O-])cc2)cc1. The molecule has 0 N–H and O–H groups in total. The van der Waals surface area contributed by atoms with Gasteiger partial charge in [0.1, 0.15) is 0 Å². The van der Waals surface area contributed by atoms with Gasteiger partial charge in [-0.15, -0.1) is 0 Å². The first kappa shape index (κ1) is 18.7. The zero-order valence-corrected chi connectivity index (χ0v) is 16.2. The number of nitro benzene ring substituents is 1. The number of hydrogen-bond acceptors (Lipinski definition) is 4. The molecule has 1 aliphatic heterocycles. The van der Waals surface area contributed by atoms with Crippen LogP contribution in [0.4, 0.5) is 17.1 Å². The molecule has 0 saturated carbocycles. The molecular weight excluding hydrogens is 366 g/mol. The molecule has 3 aromatic rings. The van der Waals surface area contributed by atoms with Gasteiger partial charge in [0.15, 0.2) is 0 Å². The van der Waals surface area contributed by atoms with Crippen LogP contribution in [-0.2, 0) is 4.79 Å². The van der Waals surface area contributed by atoms with Gasteiger partial charge in [-0.25, -0.2) is 0 Å². The summed E-state index contributed by atoms with van der Waals surface area (Å²) in [5.74, 6) is -0.289. The first-order valence-electron chi connectivity index (χ1n) is 9.37. The van der Waals surface area contributed by atoms with Crippen molar-refractivity contribution in [3.05, 3.63) is 100 Å². The highest BCUT2D eigenvalue weighted by Gasteiger charge is 2.49. The summed E-state index contributed by atoms with van der Waals surface area (Å²) in [5.41, 5.74) is 3.75. The predicted octanol–water partition coefficient (Wildman–Crippen LogP) is 4.53. The predicted molar refractivity (Wildman–Crippen MR) is 113 cm³/mol. The quantitative estimate of drug-likeness (QED) is 0.366. The van der Waals surface area contributed by atoms with Crippen molar-refractivity contribution in [2.75, 3.05) is 23.9 Å². The van der Waals surface area contributed by atoms with E-state index in [1.165, 1.54) is 12.1 Å². The Labute approximate surface area is 169 Å². The molecule has 4 rings (SSSR count). The lowest BCUT2D eigenvalue weighted by Crippen LogP contribution is -2.53. The average Bonchev–Trinajstić information content (AvgIpc) is 2.73. The summed E-state index contributed by atoms with van der Waals surface area (Å²) in [7, 11) is 3.97. The van der Waals surface area contributed by atoms with Gasteiger partial charge in [-0.3, -0.25) is 14.9 Å². The number of benzene rings is 3. The molecule has 0 aromatic heterocycles. The molecule has 0 bridgehead atoms. The van der Waals surface area contributed by atoms with Crippen LogP contribution in [0.3, 0.4) is 0 Å². The lowest BCUT2D eigenvalue weighted by atomic mass is 9.77. The maximum Gasteiger partial charge on any atom is 0.269 e. The van der Waals surface area contributed by atoms with Crippen LogP contribution in [0.15, 0.2) is 78.9 Å². The van der Waals surface area contributed by atoms with Crippen molar-refractivity contribution in [1.82, 2.24) is 0 Å². The van der Waals surface area contributed by atoms with Gasteiger partial charge in [-0.1, -0.05) is 42.5 Å². The molecular formula is C23H21N3O3. The molecule has 0 radical (unpaired) electrons. The molecule has 6 nitrogen and oxygen atoms in total. The van der Waals surface area contributed by atoms with E-state index < -0.39 is 4.92 Å². The van der Waals surface area contributed by atoms with Crippen LogP contribution in [-0.4, -0.2) is 24.9 Å². The van der Waals surface area contributed by atoms with E-state index in [4.69, 9.17) is 0 Å². The fraction of sp³-hybridized carbons (Fsp3) is 0.174. The second-order valence-electron chi connectivity index (χ2n) is 7.30. The fourth-order valence-corrected chi connectivity index (χ4v) is 3.81. The molecule has 2 atom stereocenters. The minimum atomic E-state index is -0.439. The second-order valence-corrected chi connectivity index (χ2v) is 7.30. The van der Waals surface area contributed by atoms with Gasteiger partial charge >= 0.3 is 0 Å². The van der Waals surface area contributed by atoms with Crippen LogP contribution < -0.4 is 9.80 Å². The van der Waals surface area contributed by atoms with E-state index in [1.807, 2.05) is 73.6 Å². The van der Waals surface area contributed by atoms with Crippen molar-refractivity contribution < 1.29 is 9.72 Å². The smallest absolute Gasteiger partial charge is 0.269 e. The molecule has 0 spiro atoms. The molecule has 1 heterocycles. The number of anilines is 2. The monoisotopic (exact) mass is 387 g/mol. The van der Waals surface area contributed by atoms with Crippen molar-refractivity contribution >= 4 is 23.0 Å². The van der Waals surface area contributed by atoms with Crippen LogP contribution in [0.25, 0.3) is 0 Å². The Morgan fingerprint density at radius 3 is 2.03 bits per heavy atom. The Morgan fingerprint density at radius 2 is 1.48 bits per heavy atom. The van der Waals surface area contributed by atoms with Crippen molar-refractivity contribution in [3.8, 4) is 0 Å². The number of non-ortho nitro benzene ring substituents is 1. The maximum atomic E-state index is 13.1.